The molecule has 0 saturated carbocycles. The molecule has 1 saturated heterocycles. The molecule has 1 N–H and O–H groups in total. The van der Waals surface area contributed by atoms with E-state index in [1.54, 1.807) is 6.07 Å². The topological polar surface area (TPSA) is 24.9 Å². The lowest BCUT2D eigenvalue weighted by atomic mass is 9.95. The van der Waals surface area contributed by atoms with Crippen molar-refractivity contribution in [3.63, 3.8) is 0 Å². The van der Waals surface area contributed by atoms with Gasteiger partial charge in [0.05, 0.1) is 0 Å². The van der Waals surface area contributed by atoms with Crippen LogP contribution in [-0.4, -0.2) is 18.1 Å². The molecular weight excluding hydrogens is 198 g/mol. The number of nitrogens with zero attached hydrogens (tertiary/aromatic N) is 1. The molecule has 0 radical (unpaired) electrons. The van der Waals surface area contributed by atoms with Gasteiger partial charge in [0.15, 0.2) is 0 Å². The third kappa shape index (κ3) is 2.50. The van der Waals surface area contributed by atoms with Gasteiger partial charge in [-0.15, -0.1) is 0 Å². The highest BCUT2D eigenvalue weighted by molar-refractivity contribution is 5.16. The van der Waals surface area contributed by atoms with Crippen LogP contribution in [0.4, 0.5) is 8.78 Å². The zero-order valence-corrected chi connectivity index (χ0v) is 8.42. The predicted molar refractivity (Wildman–Crippen MR) is 54.0 cm³/mol. The molecule has 1 unspecified atom stereocenters. The van der Waals surface area contributed by atoms with Crippen LogP contribution in [0.25, 0.3) is 0 Å². The maximum absolute atomic E-state index is 12.4. The summed E-state index contributed by atoms with van der Waals surface area (Å²) in [4.78, 5) is 4.01. The van der Waals surface area contributed by atoms with Gasteiger partial charge in [0.2, 0.25) is 0 Å². The van der Waals surface area contributed by atoms with Crippen molar-refractivity contribution in [1.82, 2.24) is 10.3 Å². The number of hydrogen-bond donors (Lipinski definition) is 1. The van der Waals surface area contributed by atoms with E-state index < -0.39 is 6.43 Å². The Labute approximate surface area is 87.7 Å². The van der Waals surface area contributed by atoms with Crippen molar-refractivity contribution >= 4 is 0 Å². The number of piperidine rings is 1. The molecule has 2 rings (SSSR count). The van der Waals surface area contributed by atoms with Crippen molar-refractivity contribution in [3.8, 4) is 0 Å². The Morgan fingerprint density at radius 3 is 2.93 bits per heavy atom. The summed E-state index contributed by atoms with van der Waals surface area (Å²) in [7, 11) is 0. The summed E-state index contributed by atoms with van der Waals surface area (Å²) in [6, 6.07) is 4.88. The minimum absolute atomic E-state index is 0.113. The van der Waals surface area contributed by atoms with Gasteiger partial charge in [0, 0.05) is 18.2 Å². The third-order valence-corrected chi connectivity index (χ3v) is 2.73. The molecule has 1 atom stereocenters. The molecule has 15 heavy (non-hydrogen) atoms. The first-order valence-electron chi connectivity index (χ1n) is 5.23. The van der Waals surface area contributed by atoms with Gasteiger partial charge in [-0.1, -0.05) is 6.07 Å². The molecule has 1 aliphatic heterocycles. The molecule has 0 spiro atoms. The second-order valence-corrected chi connectivity index (χ2v) is 3.83. The van der Waals surface area contributed by atoms with Crippen LogP contribution in [0.3, 0.4) is 0 Å². The standard InChI is InChI=1S/C11H14F2N2/c12-11(13)10-5-1-4-9(15-10)8-3-2-6-14-7-8/h1,4-5,8,11,14H,2-3,6-7H2. The number of hydrogen-bond acceptors (Lipinski definition) is 2. The van der Waals surface area contributed by atoms with Crippen molar-refractivity contribution in [1.29, 1.82) is 0 Å². The molecule has 82 valence electrons. The SMILES string of the molecule is FC(F)c1cccc(C2CCCNC2)n1. The average molecular weight is 212 g/mol. The summed E-state index contributed by atoms with van der Waals surface area (Å²) in [6.45, 7) is 1.87. The van der Waals surface area contributed by atoms with Gasteiger partial charge < -0.3 is 5.32 Å². The fourth-order valence-corrected chi connectivity index (χ4v) is 1.92. The quantitative estimate of drug-likeness (QED) is 0.814. The van der Waals surface area contributed by atoms with Crippen LogP contribution in [0.5, 0.6) is 0 Å². The van der Waals surface area contributed by atoms with Crippen LogP contribution < -0.4 is 5.32 Å². The Balaban J connectivity index is 2.16. The number of alkyl halides is 2. The Hall–Kier alpha value is -1.03. The van der Waals surface area contributed by atoms with E-state index in [9.17, 15) is 8.78 Å². The van der Waals surface area contributed by atoms with E-state index in [1.807, 2.05) is 6.07 Å². The smallest absolute Gasteiger partial charge is 0.280 e. The van der Waals surface area contributed by atoms with Crippen LogP contribution in [0.2, 0.25) is 0 Å². The highest BCUT2D eigenvalue weighted by Crippen LogP contribution is 2.24. The number of aromatic nitrogens is 1. The second kappa shape index (κ2) is 4.66. The molecule has 1 aromatic heterocycles. The first kappa shape index (κ1) is 10.5. The fraction of sp³-hybridized carbons (Fsp3) is 0.545. The van der Waals surface area contributed by atoms with Crippen LogP contribution in [0, 0.1) is 0 Å². The summed E-state index contributed by atoms with van der Waals surface area (Å²) < 4.78 is 24.9. The zero-order chi connectivity index (χ0) is 10.7. The molecule has 0 aromatic carbocycles. The van der Waals surface area contributed by atoms with E-state index >= 15 is 0 Å². The molecule has 0 amide bonds. The Kier molecular flexibility index (Phi) is 3.26. The van der Waals surface area contributed by atoms with Crippen molar-refractivity contribution in [2.45, 2.75) is 25.2 Å². The summed E-state index contributed by atoms with van der Waals surface area (Å²) in [5.74, 6) is 0.289. The predicted octanol–water partition coefficient (Wildman–Crippen LogP) is 2.49. The van der Waals surface area contributed by atoms with Gasteiger partial charge >= 0.3 is 0 Å². The summed E-state index contributed by atoms with van der Waals surface area (Å²) in [6.07, 6.45) is -0.348. The molecule has 1 fully saturated rings. The molecule has 2 nitrogen and oxygen atoms in total. The monoisotopic (exact) mass is 212 g/mol. The summed E-state index contributed by atoms with van der Waals surface area (Å²) in [5, 5.41) is 3.25. The highest BCUT2D eigenvalue weighted by Gasteiger charge is 2.18. The van der Waals surface area contributed by atoms with Crippen LogP contribution in [0.15, 0.2) is 18.2 Å². The summed E-state index contributed by atoms with van der Waals surface area (Å²) >= 11 is 0. The van der Waals surface area contributed by atoms with Gasteiger partial charge in [0.25, 0.3) is 6.43 Å². The van der Waals surface area contributed by atoms with Gasteiger partial charge in [0.1, 0.15) is 5.69 Å². The Bertz CT molecular complexity index is 322. The van der Waals surface area contributed by atoms with E-state index in [4.69, 9.17) is 0 Å². The van der Waals surface area contributed by atoms with Crippen molar-refractivity contribution < 1.29 is 8.78 Å². The first-order chi connectivity index (χ1) is 7.27. The molecule has 0 aliphatic carbocycles. The van der Waals surface area contributed by atoms with Crippen LogP contribution >= 0.6 is 0 Å². The molecule has 0 bridgehead atoms. The van der Waals surface area contributed by atoms with Crippen molar-refractivity contribution in [2.75, 3.05) is 13.1 Å². The first-order valence-corrected chi connectivity index (χ1v) is 5.23. The van der Waals surface area contributed by atoms with Crippen molar-refractivity contribution in [3.05, 3.63) is 29.6 Å². The van der Waals surface area contributed by atoms with E-state index in [0.29, 0.717) is 0 Å². The number of pyridine rings is 1. The largest absolute Gasteiger partial charge is 0.316 e. The second-order valence-electron chi connectivity index (χ2n) is 3.83. The molecule has 4 heteroatoms. The number of nitrogens with one attached hydrogen (secondary N) is 1. The van der Waals surface area contributed by atoms with E-state index in [1.165, 1.54) is 6.07 Å². The average Bonchev–Trinajstić information content (AvgIpc) is 2.30. The maximum atomic E-state index is 12.4. The van der Waals surface area contributed by atoms with Crippen LogP contribution in [-0.2, 0) is 0 Å². The third-order valence-electron chi connectivity index (χ3n) is 2.73. The van der Waals surface area contributed by atoms with E-state index in [2.05, 4.69) is 10.3 Å². The zero-order valence-electron chi connectivity index (χ0n) is 8.42. The lowest BCUT2D eigenvalue weighted by Crippen LogP contribution is -2.28. The Morgan fingerprint density at radius 2 is 2.27 bits per heavy atom. The molecule has 2 heterocycles. The van der Waals surface area contributed by atoms with Gasteiger partial charge in [-0.3, -0.25) is 4.98 Å². The van der Waals surface area contributed by atoms with E-state index in [-0.39, 0.29) is 11.6 Å². The number of halogens is 2. The molecular formula is C11H14F2N2. The fourth-order valence-electron chi connectivity index (χ4n) is 1.92. The lowest BCUT2D eigenvalue weighted by molar-refractivity contribution is 0.145. The number of rotatable bonds is 2. The van der Waals surface area contributed by atoms with Crippen LogP contribution in [0.1, 0.15) is 36.6 Å². The minimum Gasteiger partial charge on any atom is -0.316 e. The highest BCUT2D eigenvalue weighted by atomic mass is 19.3. The van der Waals surface area contributed by atoms with E-state index in [0.717, 1.165) is 31.6 Å². The molecule has 1 aliphatic rings. The minimum atomic E-state index is -2.47. The maximum Gasteiger partial charge on any atom is 0.280 e. The molecule has 1 aromatic rings. The van der Waals surface area contributed by atoms with Gasteiger partial charge in [-0.25, -0.2) is 8.78 Å². The summed E-state index contributed by atoms with van der Waals surface area (Å²) in [5.41, 5.74) is 0.679. The van der Waals surface area contributed by atoms with Gasteiger partial charge in [-0.2, -0.15) is 0 Å². The lowest BCUT2D eigenvalue weighted by Gasteiger charge is -2.22. The normalized spacial score (nSPS) is 21.9. The Morgan fingerprint density at radius 1 is 1.40 bits per heavy atom. The van der Waals surface area contributed by atoms with Crippen molar-refractivity contribution in [2.24, 2.45) is 0 Å². The van der Waals surface area contributed by atoms with Gasteiger partial charge in [-0.05, 0) is 31.5 Å².